The SMILES string of the molecule is C[C@@H]1C[C@H](NC(=S)NC(=O)OC(C)(C)C)CCC1(F)F. The zero-order valence-electron chi connectivity index (χ0n) is 12.3. The van der Waals surface area contributed by atoms with Crippen molar-refractivity contribution in [3.8, 4) is 0 Å². The van der Waals surface area contributed by atoms with E-state index in [1.807, 2.05) is 0 Å². The van der Waals surface area contributed by atoms with E-state index in [0.717, 1.165) is 0 Å². The number of alkyl carbamates (subject to hydrolysis) is 1. The van der Waals surface area contributed by atoms with Crippen molar-refractivity contribution in [3.05, 3.63) is 0 Å². The average Bonchev–Trinajstić information content (AvgIpc) is 2.20. The number of halogens is 2. The number of amides is 1. The molecule has 4 nitrogen and oxygen atoms in total. The molecule has 0 heterocycles. The quantitative estimate of drug-likeness (QED) is 0.730. The van der Waals surface area contributed by atoms with Gasteiger partial charge in [0, 0.05) is 18.4 Å². The van der Waals surface area contributed by atoms with Gasteiger partial charge in [0.25, 0.3) is 5.92 Å². The molecule has 0 spiro atoms. The molecule has 1 amide bonds. The second kappa shape index (κ2) is 6.20. The molecular weight excluding hydrogens is 286 g/mol. The number of carbonyl (C=O) groups is 1. The van der Waals surface area contributed by atoms with Crippen LogP contribution in [0.25, 0.3) is 0 Å². The van der Waals surface area contributed by atoms with Crippen LogP contribution >= 0.6 is 12.2 Å². The van der Waals surface area contributed by atoms with Gasteiger partial charge in [-0.2, -0.15) is 0 Å². The fraction of sp³-hybridized carbons (Fsp3) is 0.846. The van der Waals surface area contributed by atoms with Gasteiger partial charge >= 0.3 is 6.09 Å². The first-order valence-corrected chi connectivity index (χ1v) is 7.09. The lowest BCUT2D eigenvalue weighted by Crippen LogP contribution is -2.49. The minimum atomic E-state index is -2.61. The lowest BCUT2D eigenvalue weighted by Gasteiger charge is -2.34. The third-order valence-corrected chi connectivity index (χ3v) is 3.35. The van der Waals surface area contributed by atoms with E-state index in [4.69, 9.17) is 17.0 Å². The number of thiocarbonyl (C=S) groups is 1. The third-order valence-electron chi connectivity index (χ3n) is 3.13. The Balaban J connectivity index is 2.39. The first-order valence-electron chi connectivity index (χ1n) is 6.68. The molecule has 1 fully saturated rings. The molecule has 1 saturated carbocycles. The lowest BCUT2D eigenvalue weighted by molar-refractivity contribution is -0.0837. The van der Waals surface area contributed by atoms with Crippen LogP contribution in [0.1, 0.15) is 47.0 Å². The molecule has 0 aromatic rings. The summed E-state index contributed by atoms with van der Waals surface area (Å²) in [4.78, 5) is 11.5. The highest BCUT2D eigenvalue weighted by atomic mass is 32.1. The van der Waals surface area contributed by atoms with Crippen LogP contribution in [0.2, 0.25) is 0 Å². The average molecular weight is 308 g/mol. The number of hydrogen-bond acceptors (Lipinski definition) is 3. The van der Waals surface area contributed by atoms with Crippen molar-refractivity contribution < 1.29 is 18.3 Å². The maximum Gasteiger partial charge on any atom is 0.413 e. The van der Waals surface area contributed by atoms with Gasteiger partial charge in [-0.25, -0.2) is 13.6 Å². The Kier molecular flexibility index (Phi) is 5.29. The summed E-state index contributed by atoms with van der Waals surface area (Å²) in [6.45, 7) is 6.76. The van der Waals surface area contributed by atoms with Crippen LogP contribution in [0.4, 0.5) is 13.6 Å². The molecule has 0 aromatic heterocycles. The van der Waals surface area contributed by atoms with Gasteiger partial charge in [-0.1, -0.05) is 6.92 Å². The van der Waals surface area contributed by atoms with Crippen molar-refractivity contribution in [2.24, 2.45) is 5.92 Å². The van der Waals surface area contributed by atoms with Crippen LogP contribution in [0.3, 0.4) is 0 Å². The molecule has 20 heavy (non-hydrogen) atoms. The van der Waals surface area contributed by atoms with Crippen molar-refractivity contribution >= 4 is 23.4 Å². The molecule has 1 aliphatic rings. The predicted molar refractivity (Wildman–Crippen MR) is 76.9 cm³/mol. The smallest absolute Gasteiger partial charge is 0.413 e. The van der Waals surface area contributed by atoms with Gasteiger partial charge in [-0.05, 0) is 45.8 Å². The van der Waals surface area contributed by atoms with Crippen LogP contribution in [-0.2, 0) is 4.74 Å². The summed E-state index contributed by atoms with van der Waals surface area (Å²) in [6.07, 6.45) is -0.165. The zero-order chi connectivity index (χ0) is 15.6. The monoisotopic (exact) mass is 308 g/mol. The zero-order valence-corrected chi connectivity index (χ0v) is 13.1. The summed E-state index contributed by atoms with van der Waals surface area (Å²) >= 11 is 4.99. The van der Waals surface area contributed by atoms with Crippen molar-refractivity contribution in [3.63, 3.8) is 0 Å². The first-order chi connectivity index (χ1) is 8.99. The summed E-state index contributed by atoms with van der Waals surface area (Å²) in [7, 11) is 0. The molecule has 0 saturated heterocycles. The highest BCUT2D eigenvalue weighted by molar-refractivity contribution is 7.80. The predicted octanol–water partition coefficient (Wildman–Crippen LogP) is 3.21. The third kappa shape index (κ3) is 5.56. The minimum absolute atomic E-state index is 0.113. The molecule has 0 aromatic carbocycles. The number of hydrogen-bond donors (Lipinski definition) is 2. The number of nitrogens with one attached hydrogen (secondary N) is 2. The highest BCUT2D eigenvalue weighted by Gasteiger charge is 2.41. The molecule has 0 bridgehead atoms. The minimum Gasteiger partial charge on any atom is -0.444 e. The molecule has 1 aliphatic carbocycles. The Labute approximate surface area is 123 Å². The molecule has 0 unspecified atom stereocenters. The van der Waals surface area contributed by atoms with E-state index < -0.39 is 23.5 Å². The molecule has 0 aliphatic heterocycles. The van der Waals surface area contributed by atoms with Crippen LogP contribution < -0.4 is 10.6 Å². The molecule has 2 atom stereocenters. The Bertz CT molecular complexity index is 383. The summed E-state index contributed by atoms with van der Waals surface area (Å²) in [5.74, 6) is -3.31. The normalized spacial score (nSPS) is 25.7. The van der Waals surface area contributed by atoms with Gasteiger partial charge in [-0.3, -0.25) is 5.32 Å². The molecule has 116 valence electrons. The fourth-order valence-corrected chi connectivity index (χ4v) is 2.33. The second-order valence-corrected chi connectivity index (χ2v) is 6.64. The summed E-state index contributed by atoms with van der Waals surface area (Å²) < 4.78 is 31.8. The van der Waals surface area contributed by atoms with Gasteiger partial charge in [0.1, 0.15) is 5.60 Å². The van der Waals surface area contributed by atoms with E-state index in [0.29, 0.717) is 12.8 Å². The van der Waals surface area contributed by atoms with E-state index in [1.54, 1.807) is 20.8 Å². The van der Waals surface area contributed by atoms with Crippen LogP contribution in [0.5, 0.6) is 0 Å². The highest BCUT2D eigenvalue weighted by Crippen LogP contribution is 2.37. The van der Waals surface area contributed by atoms with E-state index in [1.165, 1.54) is 6.92 Å². The topological polar surface area (TPSA) is 50.4 Å². The van der Waals surface area contributed by atoms with Crippen molar-refractivity contribution in [1.29, 1.82) is 0 Å². The number of rotatable bonds is 1. The van der Waals surface area contributed by atoms with Crippen LogP contribution in [0, 0.1) is 5.92 Å². The second-order valence-electron chi connectivity index (χ2n) is 6.23. The van der Waals surface area contributed by atoms with E-state index >= 15 is 0 Å². The van der Waals surface area contributed by atoms with Gasteiger partial charge in [0.05, 0.1) is 0 Å². The van der Waals surface area contributed by atoms with Crippen LogP contribution in [-0.4, -0.2) is 28.8 Å². The van der Waals surface area contributed by atoms with Gasteiger partial charge < -0.3 is 10.1 Å². The molecular formula is C13H22F2N2O2S. The largest absolute Gasteiger partial charge is 0.444 e. The van der Waals surface area contributed by atoms with Gasteiger partial charge in [0.15, 0.2) is 5.11 Å². The van der Waals surface area contributed by atoms with Crippen LogP contribution in [0.15, 0.2) is 0 Å². The number of ether oxygens (including phenoxy) is 1. The Hall–Kier alpha value is -0.980. The lowest BCUT2D eigenvalue weighted by atomic mass is 9.84. The maximum atomic E-state index is 13.4. The molecule has 0 radical (unpaired) electrons. The standard InChI is InChI=1S/C13H22F2N2O2S/c1-8-7-9(5-6-13(8,14)15)16-10(20)17-11(18)19-12(2,3)4/h8-9H,5-7H2,1-4H3,(H2,16,17,18,20)/t8-,9-/m1/s1. The number of alkyl halides is 2. The Morgan fingerprint density at radius 3 is 2.50 bits per heavy atom. The summed E-state index contributed by atoms with van der Waals surface area (Å²) in [5, 5.41) is 5.39. The maximum absolute atomic E-state index is 13.4. The van der Waals surface area contributed by atoms with E-state index in [2.05, 4.69) is 10.6 Å². The van der Waals surface area contributed by atoms with E-state index in [9.17, 15) is 13.6 Å². The molecule has 7 heteroatoms. The summed E-state index contributed by atoms with van der Waals surface area (Å²) in [5.41, 5.74) is -0.610. The van der Waals surface area contributed by atoms with Crippen molar-refractivity contribution in [1.82, 2.24) is 10.6 Å². The Morgan fingerprint density at radius 2 is 2.00 bits per heavy atom. The van der Waals surface area contributed by atoms with Gasteiger partial charge in [0.2, 0.25) is 0 Å². The Morgan fingerprint density at radius 1 is 1.40 bits per heavy atom. The number of carbonyl (C=O) groups excluding carboxylic acids is 1. The van der Waals surface area contributed by atoms with E-state index in [-0.39, 0.29) is 17.6 Å². The molecule has 2 N–H and O–H groups in total. The van der Waals surface area contributed by atoms with Crippen molar-refractivity contribution in [2.45, 2.75) is 64.5 Å². The van der Waals surface area contributed by atoms with Gasteiger partial charge in [-0.15, -0.1) is 0 Å². The van der Waals surface area contributed by atoms with Crippen molar-refractivity contribution in [2.75, 3.05) is 0 Å². The fourth-order valence-electron chi connectivity index (χ4n) is 2.08. The first kappa shape index (κ1) is 17.1. The molecule has 1 rings (SSSR count). The summed E-state index contributed by atoms with van der Waals surface area (Å²) in [6, 6.07) is -0.146.